The Kier molecular flexibility index (Phi) is 7.53. The molecule has 1 unspecified atom stereocenters. The van der Waals surface area contributed by atoms with Crippen molar-refractivity contribution >= 4 is 45.2 Å². The molecule has 0 aliphatic rings. The van der Waals surface area contributed by atoms with Gasteiger partial charge in [-0.25, -0.2) is 4.79 Å². The van der Waals surface area contributed by atoms with Crippen molar-refractivity contribution in [3.8, 4) is 0 Å². The highest BCUT2D eigenvalue weighted by Gasteiger charge is 2.09. The largest absolute Gasteiger partial charge is 0.481 e. The number of carbonyl (C=O) groups excluding carboxylic acids is 1. The van der Waals surface area contributed by atoms with Crippen molar-refractivity contribution in [2.24, 2.45) is 5.92 Å². The van der Waals surface area contributed by atoms with Crippen molar-refractivity contribution in [2.75, 3.05) is 11.9 Å². The second-order valence-electron chi connectivity index (χ2n) is 4.81. The van der Waals surface area contributed by atoms with E-state index in [-0.39, 0.29) is 18.4 Å². The predicted octanol–water partition coefficient (Wildman–Crippen LogP) is 4.12. The van der Waals surface area contributed by atoms with Crippen molar-refractivity contribution in [3.63, 3.8) is 0 Å². The summed E-state index contributed by atoms with van der Waals surface area (Å²) in [5, 5.41) is 14.6. The maximum Gasteiger partial charge on any atom is 0.319 e. The van der Waals surface area contributed by atoms with Gasteiger partial charge in [0.2, 0.25) is 0 Å². The van der Waals surface area contributed by atoms with Crippen LogP contribution < -0.4 is 10.6 Å². The van der Waals surface area contributed by atoms with Gasteiger partial charge in [0.1, 0.15) is 0 Å². The molecule has 0 fully saturated rings. The summed E-state index contributed by atoms with van der Waals surface area (Å²) in [6.45, 7) is 2.46. The lowest BCUT2D eigenvalue weighted by Gasteiger charge is -2.12. The molecule has 0 saturated heterocycles. The zero-order valence-electron chi connectivity index (χ0n) is 11.7. The standard InChI is InChI=1S/C14H18BrClN2O3/c1-9(5-6-12(19)20)7-8-17-14(21)18-11-4-2-3-10(16)13(11)15/h2-4,9H,5-8H2,1H3,(H,19,20)(H2,17,18,21). The first-order valence-corrected chi connectivity index (χ1v) is 7.78. The monoisotopic (exact) mass is 376 g/mol. The van der Waals surface area contributed by atoms with Gasteiger partial charge in [-0.05, 0) is 46.8 Å². The van der Waals surface area contributed by atoms with Gasteiger partial charge < -0.3 is 15.7 Å². The Labute approximate surface area is 137 Å². The van der Waals surface area contributed by atoms with Gasteiger partial charge in [-0.3, -0.25) is 4.79 Å². The normalized spacial score (nSPS) is 11.8. The van der Waals surface area contributed by atoms with E-state index in [9.17, 15) is 9.59 Å². The second kappa shape index (κ2) is 8.89. The fraction of sp³-hybridized carbons (Fsp3) is 0.429. The molecule has 21 heavy (non-hydrogen) atoms. The third kappa shape index (κ3) is 6.82. The zero-order valence-corrected chi connectivity index (χ0v) is 14.0. The number of urea groups is 1. The lowest BCUT2D eigenvalue weighted by molar-refractivity contribution is -0.137. The average Bonchev–Trinajstić information content (AvgIpc) is 2.41. The fourth-order valence-corrected chi connectivity index (χ4v) is 2.25. The topological polar surface area (TPSA) is 78.4 Å². The Morgan fingerprint density at radius 3 is 2.76 bits per heavy atom. The lowest BCUT2D eigenvalue weighted by atomic mass is 10.0. The molecule has 1 aromatic carbocycles. The molecule has 0 saturated carbocycles. The van der Waals surface area contributed by atoms with Crippen LogP contribution >= 0.6 is 27.5 Å². The first kappa shape index (κ1) is 17.8. The molecule has 7 heteroatoms. The summed E-state index contributed by atoms with van der Waals surface area (Å²) in [6.07, 6.45) is 1.50. The van der Waals surface area contributed by atoms with Crippen molar-refractivity contribution in [1.82, 2.24) is 5.32 Å². The number of aliphatic carboxylic acids is 1. The third-order valence-corrected chi connectivity index (χ3v) is 4.37. The third-order valence-electron chi connectivity index (χ3n) is 2.97. The minimum Gasteiger partial charge on any atom is -0.481 e. The van der Waals surface area contributed by atoms with Crippen LogP contribution in [0.25, 0.3) is 0 Å². The molecule has 1 atom stereocenters. The Morgan fingerprint density at radius 2 is 2.10 bits per heavy atom. The van der Waals surface area contributed by atoms with Crippen molar-refractivity contribution in [2.45, 2.75) is 26.2 Å². The molecule has 0 aromatic heterocycles. The number of carboxylic acid groups (broad SMARTS) is 1. The van der Waals surface area contributed by atoms with Gasteiger partial charge >= 0.3 is 12.0 Å². The number of rotatable bonds is 7. The summed E-state index contributed by atoms with van der Waals surface area (Å²) in [6, 6.07) is 4.89. The Bertz CT molecular complexity index is 511. The second-order valence-corrected chi connectivity index (χ2v) is 6.01. The van der Waals surface area contributed by atoms with E-state index < -0.39 is 5.97 Å². The van der Waals surface area contributed by atoms with Crippen LogP contribution in [0.5, 0.6) is 0 Å². The molecular formula is C14H18BrClN2O3. The summed E-state index contributed by atoms with van der Waals surface area (Å²) >= 11 is 9.24. The molecule has 0 aliphatic heterocycles. The lowest BCUT2D eigenvalue weighted by Crippen LogP contribution is -2.30. The first-order chi connectivity index (χ1) is 9.90. The van der Waals surface area contributed by atoms with Gasteiger partial charge in [-0.15, -0.1) is 0 Å². The molecule has 0 spiro atoms. The molecule has 2 amide bonds. The molecule has 0 radical (unpaired) electrons. The smallest absolute Gasteiger partial charge is 0.319 e. The van der Waals surface area contributed by atoms with Gasteiger partial charge in [0.25, 0.3) is 0 Å². The van der Waals surface area contributed by atoms with E-state index in [1.54, 1.807) is 18.2 Å². The van der Waals surface area contributed by atoms with Crippen LogP contribution in [-0.2, 0) is 4.79 Å². The van der Waals surface area contributed by atoms with Gasteiger partial charge in [0.05, 0.1) is 15.2 Å². The maximum atomic E-state index is 11.7. The van der Waals surface area contributed by atoms with E-state index in [1.807, 2.05) is 6.92 Å². The molecule has 3 N–H and O–H groups in total. The number of hydrogen-bond donors (Lipinski definition) is 3. The molecule has 1 aromatic rings. The first-order valence-electron chi connectivity index (χ1n) is 6.60. The molecule has 1 rings (SSSR count). The van der Waals surface area contributed by atoms with Crippen LogP contribution in [0.15, 0.2) is 22.7 Å². The van der Waals surface area contributed by atoms with Crippen molar-refractivity contribution in [3.05, 3.63) is 27.7 Å². The number of nitrogens with one attached hydrogen (secondary N) is 2. The zero-order chi connectivity index (χ0) is 15.8. The summed E-state index contributed by atoms with van der Waals surface area (Å²) in [4.78, 5) is 22.2. The summed E-state index contributed by atoms with van der Waals surface area (Å²) in [7, 11) is 0. The van der Waals surface area contributed by atoms with Crippen LogP contribution in [-0.4, -0.2) is 23.7 Å². The van der Waals surface area contributed by atoms with Crippen LogP contribution in [0.4, 0.5) is 10.5 Å². The highest BCUT2D eigenvalue weighted by atomic mass is 79.9. The number of benzene rings is 1. The number of amides is 2. The Balaban J connectivity index is 2.31. The minimum atomic E-state index is -0.793. The van der Waals surface area contributed by atoms with E-state index in [0.717, 1.165) is 6.42 Å². The minimum absolute atomic E-state index is 0.156. The maximum absolute atomic E-state index is 11.7. The number of carboxylic acids is 1. The molecule has 0 heterocycles. The quantitative estimate of drug-likeness (QED) is 0.669. The van der Waals surface area contributed by atoms with Crippen LogP contribution in [0, 0.1) is 5.92 Å². The molecular weight excluding hydrogens is 360 g/mol. The van der Waals surface area contributed by atoms with Crippen molar-refractivity contribution in [1.29, 1.82) is 0 Å². The summed E-state index contributed by atoms with van der Waals surface area (Å²) in [5.74, 6) is -0.544. The van der Waals surface area contributed by atoms with Crippen LogP contribution in [0.1, 0.15) is 26.2 Å². The van der Waals surface area contributed by atoms with Gasteiger partial charge in [0, 0.05) is 13.0 Å². The molecule has 0 aliphatic carbocycles. The molecule has 5 nitrogen and oxygen atoms in total. The Morgan fingerprint density at radius 1 is 1.38 bits per heavy atom. The van der Waals surface area contributed by atoms with E-state index in [4.69, 9.17) is 16.7 Å². The summed E-state index contributed by atoms with van der Waals surface area (Å²) in [5.41, 5.74) is 0.596. The number of anilines is 1. The average molecular weight is 378 g/mol. The van der Waals surface area contributed by atoms with Crippen molar-refractivity contribution < 1.29 is 14.7 Å². The Hall–Kier alpha value is -1.27. The van der Waals surface area contributed by atoms with Crippen LogP contribution in [0.2, 0.25) is 5.02 Å². The highest BCUT2D eigenvalue weighted by molar-refractivity contribution is 9.10. The van der Waals surface area contributed by atoms with Gasteiger partial charge in [-0.2, -0.15) is 0 Å². The number of halogens is 2. The van der Waals surface area contributed by atoms with E-state index in [0.29, 0.717) is 28.1 Å². The van der Waals surface area contributed by atoms with E-state index in [2.05, 4.69) is 26.6 Å². The van der Waals surface area contributed by atoms with Gasteiger partial charge in [-0.1, -0.05) is 24.6 Å². The SMILES string of the molecule is CC(CCNC(=O)Nc1cccc(Cl)c1Br)CCC(=O)O. The van der Waals surface area contributed by atoms with E-state index in [1.165, 1.54) is 0 Å². The molecule has 116 valence electrons. The van der Waals surface area contributed by atoms with Gasteiger partial charge in [0.15, 0.2) is 0 Å². The van der Waals surface area contributed by atoms with E-state index >= 15 is 0 Å². The van der Waals surface area contributed by atoms with Crippen LogP contribution in [0.3, 0.4) is 0 Å². The highest BCUT2D eigenvalue weighted by Crippen LogP contribution is 2.29. The molecule has 0 bridgehead atoms. The fourth-order valence-electron chi connectivity index (χ4n) is 1.71. The summed E-state index contributed by atoms with van der Waals surface area (Å²) < 4.78 is 0.636. The number of hydrogen-bond acceptors (Lipinski definition) is 2. The number of carbonyl (C=O) groups is 2. The predicted molar refractivity (Wildman–Crippen MR) is 86.8 cm³/mol.